The summed E-state index contributed by atoms with van der Waals surface area (Å²) in [6, 6.07) is 9.86. The van der Waals surface area contributed by atoms with E-state index in [-0.39, 0.29) is 5.91 Å². The molecule has 0 bridgehead atoms. The van der Waals surface area contributed by atoms with E-state index in [1.165, 1.54) is 0 Å². The number of carbonyl (C=O) groups excluding carboxylic acids is 1. The van der Waals surface area contributed by atoms with Gasteiger partial charge in [0, 0.05) is 29.4 Å². The zero-order valence-electron chi connectivity index (χ0n) is 15.5. The molecule has 0 saturated carbocycles. The highest BCUT2D eigenvalue weighted by Crippen LogP contribution is 2.25. The van der Waals surface area contributed by atoms with E-state index in [2.05, 4.69) is 20.6 Å². The summed E-state index contributed by atoms with van der Waals surface area (Å²) in [4.78, 5) is 18.8. The van der Waals surface area contributed by atoms with Gasteiger partial charge in [-0.05, 0) is 43.2 Å². The minimum absolute atomic E-state index is 0.0246. The first kappa shape index (κ1) is 19.5. The third-order valence-electron chi connectivity index (χ3n) is 3.88. The van der Waals surface area contributed by atoms with Crippen molar-refractivity contribution in [1.82, 2.24) is 15.2 Å². The van der Waals surface area contributed by atoms with Crippen molar-refractivity contribution >= 4 is 28.6 Å². The third kappa shape index (κ3) is 6.16. The predicted octanol–water partition coefficient (Wildman–Crippen LogP) is 3.67. The zero-order chi connectivity index (χ0) is 19.1. The van der Waals surface area contributed by atoms with Crippen LogP contribution in [-0.4, -0.2) is 43.0 Å². The molecule has 0 aliphatic carbocycles. The standard InChI is InChI=1S/C20H23N3O2S2/c1-23(2)8-9-25-18-5-3-15(4-6-18)12-21-19(24)11-17-14-27-20(22-17)16-7-10-26-13-16/h3-7,10,13-14H,8-9,11-12H2,1-2H3,(H,21,24). The lowest BCUT2D eigenvalue weighted by atomic mass is 10.2. The predicted molar refractivity (Wildman–Crippen MR) is 111 cm³/mol. The molecule has 0 spiro atoms. The Morgan fingerprint density at radius 2 is 2.00 bits per heavy atom. The molecule has 0 aliphatic heterocycles. The van der Waals surface area contributed by atoms with Gasteiger partial charge in [0.1, 0.15) is 17.4 Å². The van der Waals surface area contributed by atoms with Crippen LogP contribution in [-0.2, 0) is 17.8 Å². The molecule has 0 radical (unpaired) electrons. The van der Waals surface area contributed by atoms with Gasteiger partial charge in [-0.1, -0.05) is 12.1 Å². The summed E-state index contributed by atoms with van der Waals surface area (Å²) in [7, 11) is 4.04. The summed E-state index contributed by atoms with van der Waals surface area (Å²) in [6.07, 6.45) is 0.298. The molecule has 0 aliphatic rings. The van der Waals surface area contributed by atoms with Crippen LogP contribution in [0.1, 0.15) is 11.3 Å². The highest BCUT2D eigenvalue weighted by molar-refractivity contribution is 7.14. The van der Waals surface area contributed by atoms with Gasteiger partial charge < -0.3 is 15.0 Å². The number of hydrogen-bond acceptors (Lipinski definition) is 6. The number of benzene rings is 1. The molecule has 5 nitrogen and oxygen atoms in total. The van der Waals surface area contributed by atoms with Crippen molar-refractivity contribution in [2.24, 2.45) is 0 Å². The fraction of sp³-hybridized carbons (Fsp3) is 0.300. The lowest BCUT2D eigenvalue weighted by Crippen LogP contribution is -2.24. The number of aromatic nitrogens is 1. The Bertz CT molecular complexity index is 843. The number of rotatable bonds is 9. The molecule has 1 N–H and O–H groups in total. The molecule has 142 valence electrons. The van der Waals surface area contributed by atoms with Crippen molar-refractivity contribution in [1.29, 1.82) is 0 Å². The fourth-order valence-corrected chi connectivity index (χ4v) is 3.92. The quantitative estimate of drug-likeness (QED) is 0.594. The maximum atomic E-state index is 12.2. The molecule has 1 amide bonds. The Labute approximate surface area is 167 Å². The molecule has 0 unspecified atom stereocenters. The lowest BCUT2D eigenvalue weighted by molar-refractivity contribution is -0.120. The first-order valence-electron chi connectivity index (χ1n) is 8.70. The smallest absolute Gasteiger partial charge is 0.226 e. The monoisotopic (exact) mass is 401 g/mol. The van der Waals surface area contributed by atoms with Gasteiger partial charge in [-0.25, -0.2) is 4.98 Å². The second-order valence-corrected chi connectivity index (χ2v) is 8.04. The van der Waals surface area contributed by atoms with E-state index in [9.17, 15) is 4.79 Å². The number of hydrogen-bond donors (Lipinski definition) is 1. The summed E-state index contributed by atoms with van der Waals surface area (Å²) in [5.74, 6) is 0.818. The van der Waals surface area contributed by atoms with E-state index < -0.39 is 0 Å². The van der Waals surface area contributed by atoms with Crippen LogP contribution in [0.4, 0.5) is 0 Å². The van der Waals surface area contributed by atoms with Crippen molar-refractivity contribution in [2.45, 2.75) is 13.0 Å². The fourth-order valence-electron chi connectivity index (χ4n) is 2.38. The summed E-state index contributed by atoms with van der Waals surface area (Å²) in [5, 5.41) is 9.96. The van der Waals surface area contributed by atoms with Gasteiger partial charge in [-0.2, -0.15) is 11.3 Å². The molecule has 0 fully saturated rings. The number of amides is 1. The highest BCUT2D eigenvalue weighted by atomic mass is 32.1. The molecule has 3 rings (SSSR count). The summed E-state index contributed by atoms with van der Waals surface area (Å²) < 4.78 is 5.67. The van der Waals surface area contributed by atoms with Gasteiger partial charge in [-0.15, -0.1) is 11.3 Å². The van der Waals surface area contributed by atoms with Crippen LogP contribution in [0.2, 0.25) is 0 Å². The number of nitrogens with one attached hydrogen (secondary N) is 1. The molecule has 2 aromatic heterocycles. The van der Waals surface area contributed by atoms with E-state index >= 15 is 0 Å². The van der Waals surface area contributed by atoms with Crippen molar-refractivity contribution < 1.29 is 9.53 Å². The van der Waals surface area contributed by atoms with E-state index in [0.29, 0.717) is 19.6 Å². The molecule has 1 aromatic carbocycles. The van der Waals surface area contributed by atoms with E-state index in [4.69, 9.17) is 4.74 Å². The largest absolute Gasteiger partial charge is 0.492 e. The van der Waals surface area contributed by atoms with Crippen LogP contribution in [0.15, 0.2) is 46.5 Å². The number of likely N-dealkylation sites (N-methyl/N-ethyl adjacent to an activating group) is 1. The average Bonchev–Trinajstić information content (AvgIpc) is 3.32. The van der Waals surface area contributed by atoms with E-state index in [1.807, 2.05) is 55.2 Å². The van der Waals surface area contributed by atoms with Gasteiger partial charge in [0.25, 0.3) is 0 Å². The van der Waals surface area contributed by atoms with Crippen LogP contribution in [0.3, 0.4) is 0 Å². The summed E-state index contributed by atoms with van der Waals surface area (Å²) >= 11 is 3.22. The average molecular weight is 402 g/mol. The van der Waals surface area contributed by atoms with Gasteiger partial charge in [0.2, 0.25) is 5.91 Å². The Kier molecular flexibility index (Phi) is 6.98. The molecule has 27 heavy (non-hydrogen) atoms. The van der Waals surface area contributed by atoms with E-state index in [1.54, 1.807) is 22.7 Å². The van der Waals surface area contributed by atoms with Crippen molar-refractivity contribution in [3.05, 3.63) is 57.7 Å². The molecule has 0 saturated heterocycles. The first-order chi connectivity index (χ1) is 13.1. The minimum atomic E-state index is -0.0246. The third-order valence-corrected chi connectivity index (χ3v) is 5.51. The second-order valence-electron chi connectivity index (χ2n) is 6.41. The Hall–Kier alpha value is -2.22. The molecule has 2 heterocycles. The van der Waals surface area contributed by atoms with Crippen LogP contribution >= 0.6 is 22.7 Å². The summed E-state index contributed by atoms with van der Waals surface area (Å²) in [6.45, 7) is 2.03. The van der Waals surface area contributed by atoms with Gasteiger partial charge >= 0.3 is 0 Å². The van der Waals surface area contributed by atoms with Crippen LogP contribution in [0.5, 0.6) is 5.75 Å². The topological polar surface area (TPSA) is 54.5 Å². The first-order valence-corrected chi connectivity index (χ1v) is 10.5. The molecule has 3 aromatic rings. The van der Waals surface area contributed by atoms with Gasteiger partial charge in [0.15, 0.2) is 0 Å². The Balaban J connectivity index is 1.44. The number of ether oxygens (including phenoxy) is 1. The maximum absolute atomic E-state index is 12.2. The zero-order valence-corrected chi connectivity index (χ0v) is 17.1. The summed E-state index contributed by atoms with van der Waals surface area (Å²) in [5.41, 5.74) is 2.97. The van der Waals surface area contributed by atoms with Crippen molar-refractivity contribution in [3.8, 4) is 16.3 Å². The van der Waals surface area contributed by atoms with Gasteiger partial charge in [-0.3, -0.25) is 4.79 Å². The van der Waals surface area contributed by atoms with Crippen molar-refractivity contribution in [3.63, 3.8) is 0 Å². The van der Waals surface area contributed by atoms with Crippen LogP contribution in [0, 0.1) is 0 Å². The molecular weight excluding hydrogens is 378 g/mol. The minimum Gasteiger partial charge on any atom is -0.492 e. The second kappa shape index (κ2) is 9.64. The van der Waals surface area contributed by atoms with Crippen molar-refractivity contribution in [2.75, 3.05) is 27.2 Å². The number of carbonyl (C=O) groups is 1. The highest BCUT2D eigenvalue weighted by Gasteiger charge is 2.09. The number of thiophene rings is 1. The lowest BCUT2D eigenvalue weighted by Gasteiger charge is -2.11. The van der Waals surface area contributed by atoms with Crippen LogP contribution in [0.25, 0.3) is 10.6 Å². The Morgan fingerprint density at radius 3 is 2.70 bits per heavy atom. The van der Waals surface area contributed by atoms with Gasteiger partial charge in [0.05, 0.1) is 12.1 Å². The molecule has 0 atom stereocenters. The molecular formula is C20H23N3O2S2. The van der Waals surface area contributed by atoms with E-state index in [0.717, 1.165) is 34.1 Å². The number of thiazole rings is 1. The Morgan fingerprint density at radius 1 is 1.19 bits per heavy atom. The SMILES string of the molecule is CN(C)CCOc1ccc(CNC(=O)Cc2csc(-c3ccsc3)n2)cc1. The van der Waals surface area contributed by atoms with Crippen LogP contribution < -0.4 is 10.1 Å². The maximum Gasteiger partial charge on any atom is 0.226 e. The number of nitrogens with zero attached hydrogens (tertiary/aromatic N) is 2. The molecule has 7 heteroatoms. The normalized spacial score (nSPS) is 10.9.